The van der Waals surface area contributed by atoms with Crippen LogP contribution in [-0.4, -0.2) is 36.6 Å². The SMILES string of the molecule is C[C@@H]1CN(C(=O)c2ccccc2Nc2ccccc2)CCO1. The summed E-state index contributed by atoms with van der Waals surface area (Å²) in [6.07, 6.45) is 0.0898. The van der Waals surface area contributed by atoms with E-state index in [1.807, 2.05) is 66.4 Å². The number of carbonyl (C=O) groups excluding carboxylic acids is 1. The maximum Gasteiger partial charge on any atom is 0.256 e. The Morgan fingerprint density at radius 2 is 1.86 bits per heavy atom. The van der Waals surface area contributed by atoms with Crippen LogP contribution in [0.3, 0.4) is 0 Å². The predicted octanol–water partition coefficient (Wildman–Crippen LogP) is 3.29. The Hall–Kier alpha value is -2.33. The molecule has 4 nitrogen and oxygen atoms in total. The van der Waals surface area contributed by atoms with Gasteiger partial charge in [-0.25, -0.2) is 0 Å². The molecule has 1 saturated heterocycles. The zero-order chi connectivity index (χ0) is 15.4. The first-order chi connectivity index (χ1) is 10.7. The second-order valence-corrected chi connectivity index (χ2v) is 5.47. The molecule has 114 valence electrons. The number of para-hydroxylation sites is 2. The van der Waals surface area contributed by atoms with Crippen LogP contribution in [0.5, 0.6) is 0 Å². The molecule has 2 aromatic rings. The molecular formula is C18H20N2O2. The Morgan fingerprint density at radius 3 is 2.64 bits per heavy atom. The molecule has 22 heavy (non-hydrogen) atoms. The fourth-order valence-electron chi connectivity index (χ4n) is 2.63. The third-order valence-electron chi connectivity index (χ3n) is 3.74. The van der Waals surface area contributed by atoms with Gasteiger partial charge in [-0.15, -0.1) is 0 Å². The molecule has 0 bridgehead atoms. The van der Waals surface area contributed by atoms with E-state index in [1.54, 1.807) is 0 Å². The standard InChI is InChI=1S/C18H20N2O2/c1-14-13-20(11-12-22-14)18(21)16-9-5-6-10-17(16)19-15-7-3-2-4-8-15/h2-10,14,19H,11-13H2,1H3/t14-/m1/s1. The fourth-order valence-corrected chi connectivity index (χ4v) is 2.63. The van der Waals surface area contributed by atoms with Crippen LogP contribution in [0.25, 0.3) is 0 Å². The molecule has 0 aromatic heterocycles. The van der Waals surface area contributed by atoms with Gasteiger partial charge in [0.2, 0.25) is 0 Å². The number of rotatable bonds is 3. The largest absolute Gasteiger partial charge is 0.375 e. The molecule has 0 radical (unpaired) electrons. The Bertz CT molecular complexity index is 643. The predicted molar refractivity (Wildman–Crippen MR) is 87.5 cm³/mol. The molecule has 0 unspecified atom stereocenters. The fraction of sp³-hybridized carbons (Fsp3) is 0.278. The maximum absolute atomic E-state index is 12.8. The zero-order valence-electron chi connectivity index (χ0n) is 12.7. The van der Waals surface area contributed by atoms with E-state index in [9.17, 15) is 4.79 Å². The van der Waals surface area contributed by atoms with Crippen molar-refractivity contribution in [1.29, 1.82) is 0 Å². The summed E-state index contributed by atoms with van der Waals surface area (Å²) in [7, 11) is 0. The van der Waals surface area contributed by atoms with E-state index in [0.29, 0.717) is 25.3 Å². The minimum absolute atomic E-state index is 0.0502. The number of hydrogen-bond acceptors (Lipinski definition) is 3. The van der Waals surface area contributed by atoms with Crippen LogP contribution in [0.1, 0.15) is 17.3 Å². The van der Waals surface area contributed by atoms with E-state index in [0.717, 1.165) is 11.4 Å². The van der Waals surface area contributed by atoms with Crippen LogP contribution >= 0.6 is 0 Å². The van der Waals surface area contributed by atoms with Crippen molar-refractivity contribution in [2.45, 2.75) is 13.0 Å². The maximum atomic E-state index is 12.8. The molecule has 1 amide bonds. The van der Waals surface area contributed by atoms with Gasteiger partial charge in [0.25, 0.3) is 5.91 Å². The van der Waals surface area contributed by atoms with E-state index < -0.39 is 0 Å². The summed E-state index contributed by atoms with van der Waals surface area (Å²) >= 11 is 0. The van der Waals surface area contributed by atoms with Crippen molar-refractivity contribution in [2.75, 3.05) is 25.0 Å². The zero-order valence-corrected chi connectivity index (χ0v) is 12.7. The second-order valence-electron chi connectivity index (χ2n) is 5.47. The number of benzene rings is 2. The highest BCUT2D eigenvalue weighted by Gasteiger charge is 2.24. The highest BCUT2D eigenvalue weighted by Crippen LogP contribution is 2.22. The molecular weight excluding hydrogens is 276 g/mol. The topological polar surface area (TPSA) is 41.6 Å². The average Bonchev–Trinajstić information content (AvgIpc) is 2.56. The number of carbonyl (C=O) groups is 1. The molecule has 1 fully saturated rings. The molecule has 1 N–H and O–H groups in total. The van der Waals surface area contributed by atoms with Crippen LogP contribution in [0.2, 0.25) is 0 Å². The molecule has 1 aliphatic heterocycles. The molecule has 1 atom stereocenters. The van der Waals surface area contributed by atoms with E-state index >= 15 is 0 Å². The number of nitrogens with one attached hydrogen (secondary N) is 1. The van der Waals surface area contributed by atoms with Crippen LogP contribution in [0, 0.1) is 0 Å². The van der Waals surface area contributed by atoms with Crippen molar-refractivity contribution >= 4 is 17.3 Å². The van der Waals surface area contributed by atoms with Gasteiger partial charge in [0.05, 0.1) is 24.0 Å². The van der Waals surface area contributed by atoms with Gasteiger partial charge in [0, 0.05) is 18.8 Å². The van der Waals surface area contributed by atoms with E-state index in [2.05, 4.69) is 5.32 Å². The number of hydrogen-bond donors (Lipinski definition) is 1. The second kappa shape index (κ2) is 6.62. The number of ether oxygens (including phenoxy) is 1. The third kappa shape index (κ3) is 3.28. The highest BCUT2D eigenvalue weighted by atomic mass is 16.5. The monoisotopic (exact) mass is 296 g/mol. The van der Waals surface area contributed by atoms with E-state index in [4.69, 9.17) is 4.74 Å². The number of anilines is 2. The molecule has 4 heteroatoms. The molecule has 1 aliphatic rings. The van der Waals surface area contributed by atoms with Crippen LogP contribution < -0.4 is 5.32 Å². The average molecular weight is 296 g/mol. The minimum Gasteiger partial charge on any atom is -0.375 e. The van der Waals surface area contributed by atoms with Gasteiger partial charge in [0.15, 0.2) is 0 Å². The molecule has 0 aliphatic carbocycles. The van der Waals surface area contributed by atoms with Crippen LogP contribution in [0.15, 0.2) is 54.6 Å². The number of morpholine rings is 1. The van der Waals surface area contributed by atoms with E-state index in [1.165, 1.54) is 0 Å². The first kappa shape index (κ1) is 14.6. The quantitative estimate of drug-likeness (QED) is 0.945. The summed E-state index contributed by atoms with van der Waals surface area (Å²) in [6, 6.07) is 17.5. The number of nitrogens with zero attached hydrogens (tertiary/aromatic N) is 1. The Balaban J connectivity index is 1.83. The van der Waals surface area contributed by atoms with Gasteiger partial charge < -0.3 is 15.0 Å². The summed E-state index contributed by atoms with van der Waals surface area (Å²) in [6.45, 7) is 3.87. The van der Waals surface area contributed by atoms with Gasteiger partial charge in [-0.1, -0.05) is 30.3 Å². The lowest BCUT2D eigenvalue weighted by Gasteiger charge is -2.31. The van der Waals surface area contributed by atoms with Crippen LogP contribution in [-0.2, 0) is 4.74 Å². The molecule has 3 rings (SSSR count). The molecule has 1 heterocycles. The van der Waals surface area contributed by atoms with Crippen molar-refractivity contribution in [3.63, 3.8) is 0 Å². The minimum atomic E-state index is 0.0502. The normalized spacial score (nSPS) is 18.0. The molecule has 0 spiro atoms. The Labute approximate surface area is 130 Å². The lowest BCUT2D eigenvalue weighted by molar-refractivity contribution is -0.0123. The van der Waals surface area contributed by atoms with Crippen LogP contribution in [0.4, 0.5) is 11.4 Å². The number of amides is 1. The van der Waals surface area contributed by atoms with Gasteiger partial charge in [0.1, 0.15) is 0 Å². The van der Waals surface area contributed by atoms with Crippen molar-refractivity contribution < 1.29 is 9.53 Å². The van der Waals surface area contributed by atoms with E-state index in [-0.39, 0.29) is 12.0 Å². The summed E-state index contributed by atoms with van der Waals surface area (Å²) in [5.41, 5.74) is 2.50. The van der Waals surface area contributed by atoms with Gasteiger partial charge in [-0.05, 0) is 31.2 Å². The smallest absolute Gasteiger partial charge is 0.256 e. The first-order valence-corrected chi connectivity index (χ1v) is 7.56. The summed E-state index contributed by atoms with van der Waals surface area (Å²) in [5, 5.41) is 3.32. The van der Waals surface area contributed by atoms with Crippen molar-refractivity contribution in [3.8, 4) is 0 Å². The Morgan fingerprint density at radius 1 is 1.14 bits per heavy atom. The lowest BCUT2D eigenvalue weighted by atomic mass is 10.1. The van der Waals surface area contributed by atoms with Crippen molar-refractivity contribution in [1.82, 2.24) is 4.90 Å². The summed E-state index contributed by atoms with van der Waals surface area (Å²) in [5.74, 6) is 0.0502. The highest BCUT2D eigenvalue weighted by molar-refractivity contribution is 6.00. The summed E-state index contributed by atoms with van der Waals surface area (Å²) in [4.78, 5) is 14.6. The van der Waals surface area contributed by atoms with Gasteiger partial charge in [-0.3, -0.25) is 4.79 Å². The molecule has 2 aromatic carbocycles. The lowest BCUT2D eigenvalue weighted by Crippen LogP contribution is -2.44. The van der Waals surface area contributed by atoms with Gasteiger partial charge >= 0.3 is 0 Å². The summed E-state index contributed by atoms with van der Waals surface area (Å²) < 4.78 is 5.51. The first-order valence-electron chi connectivity index (χ1n) is 7.56. The molecule has 0 saturated carbocycles. The van der Waals surface area contributed by atoms with Crippen molar-refractivity contribution in [2.24, 2.45) is 0 Å². The Kier molecular flexibility index (Phi) is 4.39. The van der Waals surface area contributed by atoms with Crippen molar-refractivity contribution in [3.05, 3.63) is 60.2 Å². The third-order valence-corrected chi connectivity index (χ3v) is 3.74. The van der Waals surface area contributed by atoms with Gasteiger partial charge in [-0.2, -0.15) is 0 Å².